The first kappa shape index (κ1) is 12.9. The van der Waals surface area contributed by atoms with Crippen molar-refractivity contribution >= 4 is 0 Å². The summed E-state index contributed by atoms with van der Waals surface area (Å²) in [5, 5.41) is 9.70. The van der Waals surface area contributed by atoms with Crippen molar-refractivity contribution in [3.63, 3.8) is 0 Å². The molecule has 0 radical (unpaired) electrons. The number of hydrogen-bond acceptors (Lipinski definition) is 2. The Morgan fingerprint density at radius 1 is 1.47 bits per heavy atom. The van der Waals surface area contributed by atoms with Crippen molar-refractivity contribution in [1.29, 1.82) is 0 Å². The normalized spacial score (nSPS) is 34.7. The van der Waals surface area contributed by atoms with Crippen molar-refractivity contribution < 1.29 is 9.59 Å². The van der Waals surface area contributed by atoms with E-state index in [9.17, 15) is 9.90 Å². The second-order valence-corrected chi connectivity index (χ2v) is 6.71. The van der Waals surface area contributed by atoms with E-state index in [1.54, 1.807) is 6.07 Å². The van der Waals surface area contributed by atoms with E-state index in [-0.39, 0.29) is 11.7 Å². The highest BCUT2D eigenvalue weighted by Gasteiger charge is 2.42. The summed E-state index contributed by atoms with van der Waals surface area (Å²) in [5.74, 6) is 1.03. The minimum atomic E-state index is -0.262. The second kappa shape index (κ2) is 4.46. The Bertz CT molecular complexity index is 537. The number of nitrogens with zero attached hydrogens (tertiary/aromatic N) is 2. The van der Waals surface area contributed by atoms with Crippen molar-refractivity contribution in [2.45, 2.75) is 31.9 Å². The van der Waals surface area contributed by atoms with Crippen LogP contribution in [0.5, 0.6) is 0 Å². The maximum atomic E-state index is 12.0. The van der Waals surface area contributed by atoms with Crippen LogP contribution in [0.15, 0.2) is 23.0 Å². The van der Waals surface area contributed by atoms with Gasteiger partial charge in [0, 0.05) is 30.1 Å². The summed E-state index contributed by atoms with van der Waals surface area (Å²) in [6.45, 7) is 5.63. The third kappa shape index (κ3) is 2.35. The molecule has 1 saturated heterocycles. The van der Waals surface area contributed by atoms with Gasteiger partial charge in [-0.2, -0.15) is 0 Å². The highest BCUT2D eigenvalue weighted by atomic mass is 16.3. The molecule has 1 fully saturated rings. The van der Waals surface area contributed by atoms with Crippen LogP contribution in [0.2, 0.25) is 0 Å². The van der Waals surface area contributed by atoms with Gasteiger partial charge in [-0.1, -0.05) is 6.07 Å². The molecule has 0 aliphatic carbocycles. The van der Waals surface area contributed by atoms with E-state index >= 15 is 0 Å². The van der Waals surface area contributed by atoms with Gasteiger partial charge in [-0.05, 0) is 19.4 Å². The number of quaternary nitrogens is 1. The SMILES string of the molecule is C[C@H](O)C[N+]1(C)C[C@@H]2C[C@H](C1)c1cccc(=O)n1C2. The standard InChI is InChI=1S/C15H23N2O2/c1-11(18)8-17(2)9-12-6-13(10-17)14-4-3-5-15(19)16(14)7-12/h3-5,11-13,18H,6-10H2,1-2H3/q+1/t11-,12+,13+,17?/m0/s1. The summed E-state index contributed by atoms with van der Waals surface area (Å²) in [4.78, 5) is 12.0. The molecule has 2 aliphatic rings. The number of rotatable bonds is 2. The molecule has 3 rings (SSSR count). The fourth-order valence-electron chi connectivity index (χ4n) is 4.26. The van der Waals surface area contributed by atoms with Crippen molar-refractivity contribution in [2.75, 3.05) is 26.7 Å². The molecule has 104 valence electrons. The van der Waals surface area contributed by atoms with E-state index in [4.69, 9.17) is 0 Å². The van der Waals surface area contributed by atoms with Gasteiger partial charge < -0.3 is 14.2 Å². The molecule has 3 heterocycles. The van der Waals surface area contributed by atoms with E-state index in [0.717, 1.165) is 30.7 Å². The summed E-state index contributed by atoms with van der Waals surface area (Å²) in [5.41, 5.74) is 1.33. The number of hydrogen-bond donors (Lipinski definition) is 1. The lowest BCUT2D eigenvalue weighted by Crippen LogP contribution is -2.59. The summed E-state index contributed by atoms with van der Waals surface area (Å²) in [6.07, 6.45) is 0.929. The number of aliphatic hydroxyl groups is 1. The van der Waals surface area contributed by atoms with Crippen molar-refractivity contribution in [1.82, 2.24) is 4.57 Å². The van der Waals surface area contributed by atoms with E-state index in [2.05, 4.69) is 13.1 Å². The van der Waals surface area contributed by atoms with Gasteiger partial charge in [-0.25, -0.2) is 0 Å². The maximum absolute atomic E-state index is 12.0. The van der Waals surface area contributed by atoms with Crippen LogP contribution < -0.4 is 5.56 Å². The van der Waals surface area contributed by atoms with Crippen molar-refractivity contribution in [3.8, 4) is 0 Å². The molecule has 2 bridgehead atoms. The molecule has 1 unspecified atom stereocenters. The van der Waals surface area contributed by atoms with Crippen LogP contribution in [0.1, 0.15) is 25.0 Å². The highest BCUT2D eigenvalue weighted by Crippen LogP contribution is 2.37. The number of aliphatic hydroxyl groups excluding tert-OH is 1. The Kier molecular flexibility index (Phi) is 3.02. The quantitative estimate of drug-likeness (QED) is 0.802. The van der Waals surface area contributed by atoms with Crippen LogP contribution in [0.4, 0.5) is 0 Å². The number of pyridine rings is 1. The van der Waals surface area contributed by atoms with Crippen LogP contribution in [0, 0.1) is 5.92 Å². The van der Waals surface area contributed by atoms with Crippen LogP contribution in [-0.2, 0) is 6.54 Å². The Balaban J connectivity index is 1.94. The number of piperidine rings is 1. The summed E-state index contributed by atoms with van der Waals surface area (Å²) in [6, 6.07) is 5.64. The zero-order valence-corrected chi connectivity index (χ0v) is 11.7. The first-order chi connectivity index (χ1) is 8.97. The Morgan fingerprint density at radius 2 is 2.26 bits per heavy atom. The third-order valence-electron chi connectivity index (χ3n) is 4.63. The fraction of sp³-hybridized carbons (Fsp3) is 0.667. The zero-order chi connectivity index (χ0) is 13.6. The molecule has 19 heavy (non-hydrogen) atoms. The molecule has 4 atom stereocenters. The van der Waals surface area contributed by atoms with Gasteiger partial charge in [-0.3, -0.25) is 4.79 Å². The molecule has 4 nitrogen and oxygen atoms in total. The largest absolute Gasteiger partial charge is 0.388 e. The molecule has 0 spiro atoms. The highest BCUT2D eigenvalue weighted by molar-refractivity contribution is 5.15. The molecule has 0 saturated carbocycles. The molecular formula is C15H23N2O2+. The number of likely N-dealkylation sites (N-methyl/N-ethyl adjacent to an activating group) is 1. The lowest BCUT2D eigenvalue weighted by molar-refractivity contribution is -0.922. The number of fused-ring (bicyclic) bond motifs is 4. The Hall–Kier alpha value is -1.13. The molecule has 1 N–H and O–H groups in total. The fourth-order valence-corrected chi connectivity index (χ4v) is 4.26. The Labute approximate surface area is 113 Å². The molecule has 1 aromatic heterocycles. The van der Waals surface area contributed by atoms with Gasteiger partial charge in [0.2, 0.25) is 0 Å². The van der Waals surface area contributed by atoms with Gasteiger partial charge in [0.1, 0.15) is 12.6 Å². The lowest BCUT2D eigenvalue weighted by atomic mass is 9.82. The van der Waals surface area contributed by atoms with Crippen LogP contribution >= 0.6 is 0 Å². The smallest absolute Gasteiger partial charge is 0.250 e. The van der Waals surface area contributed by atoms with E-state index < -0.39 is 0 Å². The van der Waals surface area contributed by atoms with Crippen LogP contribution in [-0.4, -0.2) is 46.9 Å². The van der Waals surface area contributed by atoms with E-state index in [1.165, 1.54) is 12.1 Å². The minimum absolute atomic E-state index is 0.138. The third-order valence-corrected chi connectivity index (χ3v) is 4.63. The maximum Gasteiger partial charge on any atom is 0.250 e. The van der Waals surface area contributed by atoms with Gasteiger partial charge in [0.15, 0.2) is 0 Å². The molecule has 2 aliphatic heterocycles. The molecule has 1 aromatic rings. The molecule has 0 aromatic carbocycles. The number of likely N-dealkylation sites (tertiary alicyclic amines) is 1. The first-order valence-corrected chi connectivity index (χ1v) is 7.18. The van der Waals surface area contributed by atoms with E-state index in [1.807, 2.05) is 17.6 Å². The average molecular weight is 263 g/mol. The number of aromatic nitrogens is 1. The first-order valence-electron chi connectivity index (χ1n) is 7.18. The molecule has 4 heteroatoms. The second-order valence-electron chi connectivity index (χ2n) is 6.71. The van der Waals surface area contributed by atoms with Crippen molar-refractivity contribution in [2.24, 2.45) is 5.92 Å². The average Bonchev–Trinajstić information content (AvgIpc) is 2.28. The van der Waals surface area contributed by atoms with Gasteiger partial charge in [0.25, 0.3) is 5.56 Å². The molecular weight excluding hydrogens is 240 g/mol. The monoisotopic (exact) mass is 263 g/mol. The van der Waals surface area contributed by atoms with Crippen LogP contribution in [0.3, 0.4) is 0 Å². The zero-order valence-electron chi connectivity index (χ0n) is 11.7. The summed E-state index contributed by atoms with van der Waals surface area (Å²) >= 11 is 0. The summed E-state index contributed by atoms with van der Waals surface area (Å²) < 4.78 is 2.89. The minimum Gasteiger partial charge on any atom is -0.388 e. The van der Waals surface area contributed by atoms with Crippen molar-refractivity contribution in [3.05, 3.63) is 34.2 Å². The van der Waals surface area contributed by atoms with Gasteiger partial charge in [0.05, 0.1) is 20.1 Å². The van der Waals surface area contributed by atoms with Crippen LogP contribution in [0.25, 0.3) is 0 Å². The predicted octanol–water partition coefficient (Wildman–Crippen LogP) is 0.793. The van der Waals surface area contributed by atoms with E-state index in [0.29, 0.717) is 11.8 Å². The summed E-state index contributed by atoms with van der Waals surface area (Å²) in [7, 11) is 2.24. The van der Waals surface area contributed by atoms with Gasteiger partial charge in [-0.15, -0.1) is 0 Å². The molecule has 0 amide bonds. The topological polar surface area (TPSA) is 42.2 Å². The van der Waals surface area contributed by atoms with Gasteiger partial charge >= 0.3 is 0 Å². The predicted molar refractivity (Wildman–Crippen MR) is 74.0 cm³/mol. The Morgan fingerprint density at radius 3 is 3.00 bits per heavy atom. The lowest BCUT2D eigenvalue weighted by Gasteiger charge is -2.48.